The van der Waals surface area contributed by atoms with Crippen LogP contribution in [-0.4, -0.2) is 49.6 Å². The molecule has 2 N–H and O–H groups in total. The number of ether oxygens (including phenoxy) is 4. The molecular formula is C40H53N3O9. The molecule has 0 aliphatic carbocycles. The molecule has 0 heterocycles. The molecule has 3 aromatic carbocycles. The maximum Gasteiger partial charge on any atom is 0.337 e. The average molecular weight is 720 g/mol. The van der Waals surface area contributed by atoms with Gasteiger partial charge in [0.15, 0.2) is 5.75 Å². The molecule has 0 aliphatic heterocycles. The summed E-state index contributed by atoms with van der Waals surface area (Å²) in [6, 6.07) is 13.4. The molecule has 0 atom stereocenters. The lowest BCUT2D eigenvalue weighted by molar-refractivity contribution is -0.385. The molecule has 0 unspecified atom stereocenters. The van der Waals surface area contributed by atoms with Crippen molar-refractivity contribution in [3.8, 4) is 17.2 Å². The van der Waals surface area contributed by atoms with Crippen molar-refractivity contribution in [1.29, 1.82) is 0 Å². The number of esters is 1. The highest BCUT2D eigenvalue weighted by molar-refractivity contribution is 6.08. The first-order chi connectivity index (χ1) is 25.0. The van der Waals surface area contributed by atoms with Gasteiger partial charge in [0.05, 0.1) is 48.8 Å². The van der Waals surface area contributed by atoms with Gasteiger partial charge in [0.2, 0.25) is 0 Å². The highest BCUT2D eigenvalue weighted by Crippen LogP contribution is 2.33. The molecule has 0 radical (unpaired) electrons. The zero-order chi connectivity index (χ0) is 38.2. The number of benzene rings is 3. The Bertz CT molecular complexity index is 1660. The topological polar surface area (TPSA) is 155 Å². The van der Waals surface area contributed by atoms with Crippen LogP contribution in [0.3, 0.4) is 0 Å². The van der Waals surface area contributed by atoms with E-state index in [-0.39, 0.29) is 52.3 Å². The summed E-state index contributed by atoms with van der Waals surface area (Å²) in [5.41, 5.74) is 1.18. The van der Waals surface area contributed by atoms with Gasteiger partial charge in [-0.1, -0.05) is 80.1 Å². The summed E-state index contributed by atoms with van der Waals surface area (Å²) in [5, 5.41) is 17.5. The van der Waals surface area contributed by atoms with Gasteiger partial charge >= 0.3 is 11.7 Å². The molecule has 282 valence electrons. The minimum Gasteiger partial charge on any atom is -0.491 e. The average Bonchev–Trinajstić information content (AvgIpc) is 3.16. The molecule has 3 rings (SSSR count). The molecule has 12 heteroatoms. The number of methoxy groups -OCH3 is 1. The highest BCUT2D eigenvalue weighted by Gasteiger charge is 2.22. The quantitative estimate of drug-likeness (QED) is 0.0622. The molecule has 0 saturated heterocycles. The fourth-order valence-corrected chi connectivity index (χ4v) is 5.38. The first-order valence-electron chi connectivity index (χ1n) is 18.2. The van der Waals surface area contributed by atoms with Crippen molar-refractivity contribution in [1.82, 2.24) is 0 Å². The van der Waals surface area contributed by atoms with E-state index in [1.807, 2.05) is 13.8 Å². The van der Waals surface area contributed by atoms with Crippen LogP contribution in [0.4, 0.5) is 17.1 Å². The lowest BCUT2D eigenvalue weighted by Crippen LogP contribution is -2.18. The van der Waals surface area contributed by atoms with Gasteiger partial charge in [-0.3, -0.25) is 19.7 Å². The van der Waals surface area contributed by atoms with Gasteiger partial charge in [-0.15, -0.1) is 0 Å². The van der Waals surface area contributed by atoms with E-state index in [0.29, 0.717) is 36.3 Å². The summed E-state index contributed by atoms with van der Waals surface area (Å²) in [7, 11) is 1.30. The minimum atomic E-state index is -0.535. The predicted octanol–water partition coefficient (Wildman–Crippen LogP) is 9.33. The van der Waals surface area contributed by atoms with Crippen LogP contribution < -0.4 is 24.8 Å². The van der Waals surface area contributed by atoms with Gasteiger partial charge in [0.1, 0.15) is 11.5 Å². The monoisotopic (exact) mass is 719 g/mol. The Labute approximate surface area is 306 Å². The van der Waals surface area contributed by atoms with Crippen LogP contribution in [0.2, 0.25) is 0 Å². The highest BCUT2D eigenvalue weighted by atomic mass is 16.6. The van der Waals surface area contributed by atoms with Gasteiger partial charge in [0.25, 0.3) is 11.8 Å². The summed E-state index contributed by atoms with van der Waals surface area (Å²) < 4.78 is 23.0. The number of nitrogens with one attached hydrogen (secondary N) is 2. The number of anilines is 2. The van der Waals surface area contributed by atoms with Crippen molar-refractivity contribution in [3.05, 3.63) is 81.4 Å². The summed E-state index contributed by atoms with van der Waals surface area (Å²) in [6.45, 7) is 13.4. The number of carbonyl (C=O) groups excluding carboxylic acids is 3. The van der Waals surface area contributed by atoms with Gasteiger partial charge in [-0.05, 0) is 60.2 Å². The summed E-state index contributed by atoms with van der Waals surface area (Å²) in [6.07, 6.45) is 5.29. The van der Waals surface area contributed by atoms with Crippen LogP contribution >= 0.6 is 0 Å². The Kier molecular flexibility index (Phi) is 16.4. The maximum absolute atomic E-state index is 13.7. The van der Waals surface area contributed by atoms with E-state index in [1.54, 1.807) is 36.4 Å². The number of hydrogen-bond donors (Lipinski definition) is 2. The van der Waals surface area contributed by atoms with Crippen molar-refractivity contribution in [2.45, 2.75) is 80.1 Å². The fraction of sp³-hybridized carbons (Fsp3) is 0.475. The second kappa shape index (κ2) is 20.7. The number of rotatable bonds is 21. The number of nitrogens with zero attached hydrogens (tertiary/aromatic N) is 1. The molecule has 3 aromatic rings. The summed E-state index contributed by atoms with van der Waals surface area (Å²) >= 11 is 0. The minimum absolute atomic E-state index is 0.0182. The van der Waals surface area contributed by atoms with Crippen molar-refractivity contribution in [2.24, 2.45) is 17.8 Å². The molecule has 0 aliphatic rings. The van der Waals surface area contributed by atoms with E-state index < -0.39 is 22.7 Å². The summed E-state index contributed by atoms with van der Waals surface area (Å²) in [5.74, 6) is -0.123. The third kappa shape index (κ3) is 11.4. The zero-order valence-electron chi connectivity index (χ0n) is 31.4. The number of carbonyl (C=O) groups is 3. The lowest BCUT2D eigenvalue weighted by Gasteiger charge is -2.19. The third-order valence-electron chi connectivity index (χ3n) is 9.45. The Morgan fingerprint density at radius 3 is 1.37 bits per heavy atom. The predicted molar refractivity (Wildman–Crippen MR) is 202 cm³/mol. The molecule has 0 saturated carbocycles. The zero-order valence-corrected chi connectivity index (χ0v) is 31.4. The van der Waals surface area contributed by atoms with E-state index in [2.05, 4.69) is 38.3 Å². The van der Waals surface area contributed by atoms with Crippen LogP contribution in [0, 0.1) is 27.9 Å². The fourth-order valence-electron chi connectivity index (χ4n) is 5.38. The largest absolute Gasteiger partial charge is 0.491 e. The van der Waals surface area contributed by atoms with Gasteiger partial charge in [0, 0.05) is 23.3 Å². The third-order valence-corrected chi connectivity index (χ3v) is 9.45. The Morgan fingerprint density at radius 1 is 0.596 bits per heavy atom. The smallest absolute Gasteiger partial charge is 0.337 e. The standard InChI is InChI=1S/C40H53N3O9/c1-8-26(9-2)23-50-35-20-29(38(44)42-33-18-15-31(40(46)49-7)22-36(33)51-24-27(10-3)11-4)14-17-32(35)41-39(45)30-16-19-34(43(47)48)37(21-30)52-25-28(12-5)13-6/h14-22,26-28H,8-13,23-25H2,1-7H3,(H,41,45)(H,42,44). The Hall–Kier alpha value is -5.13. The van der Waals surface area contributed by atoms with Crippen molar-refractivity contribution in [2.75, 3.05) is 37.6 Å². The first kappa shape index (κ1) is 41.3. The van der Waals surface area contributed by atoms with Crippen LogP contribution in [0.5, 0.6) is 17.2 Å². The van der Waals surface area contributed by atoms with Gasteiger partial charge < -0.3 is 29.6 Å². The van der Waals surface area contributed by atoms with Crippen LogP contribution in [0.15, 0.2) is 54.6 Å². The lowest BCUT2D eigenvalue weighted by atomic mass is 10.1. The van der Waals surface area contributed by atoms with Crippen LogP contribution in [-0.2, 0) is 4.74 Å². The molecule has 0 bridgehead atoms. The second-order valence-electron chi connectivity index (χ2n) is 12.7. The molecule has 0 aromatic heterocycles. The van der Waals surface area contributed by atoms with E-state index in [9.17, 15) is 24.5 Å². The molecule has 52 heavy (non-hydrogen) atoms. The first-order valence-corrected chi connectivity index (χ1v) is 18.2. The van der Waals surface area contributed by atoms with Crippen LogP contribution in [0.1, 0.15) is 111 Å². The SMILES string of the molecule is CCC(CC)COc1cc(C(=O)Nc2ccc(C(=O)OC)cc2OCC(CC)CC)ccc1NC(=O)c1ccc([N+](=O)[O-])c(OCC(CC)CC)c1. The molecule has 12 nitrogen and oxygen atoms in total. The number of hydrogen-bond acceptors (Lipinski definition) is 9. The van der Waals surface area contributed by atoms with Crippen molar-refractivity contribution in [3.63, 3.8) is 0 Å². The van der Waals surface area contributed by atoms with E-state index in [4.69, 9.17) is 18.9 Å². The molecule has 0 spiro atoms. The Balaban J connectivity index is 1.93. The van der Waals surface area contributed by atoms with Gasteiger partial charge in [-0.2, -0.15) is 0 Å². The van der Waals surface area contributed by atoms with E-state index >= 15 is 0 Å². The molecule has 2 amide bonds. The number of nitro groups is 1. The summed E-state index contributed by atoms with van der Waals surface area (Å²) in [4.78, 5) is 50.6. The van der Waals surface area contributed by atoms with Crippen molar-refractivity contribution >= 4 is 34.8 Å². The van der Waals surface area contributed by atoms with E-state index in [1.165, 1.54) is 25.3 Å². The van der Waals surface area contributed by atoms with Crippen LogP contribution in [0.25, 0.3) is 0 Å². The maximum atomic E-state index is 13.7. The van der Waals surface area contributed by atoms with E-state index in [0.717, 1.165) is 38.5 Å². The Morgan fingerprint density at radius 2 is 0.962 bits per heavy atom. The molecule has 0 fully saturated rings. The number of amides is 2. The number of nitro benzene ring substituents is 1. The van der Waals surface area contributed by atoms with Gasteiger partial charge in [-0.25, -0.2) is 4.79 Å². The van der Waals surface area contributed by atoms with Crippen molar-refractivity contribution < 1.29 is 38.3 Å². The normalized spacial score (nSPS) is 11.0. The second-order valence-corrected chi connectivity index (χ2v) is 12.7. The molecular weight excluding hydrogens is 666 g/mol.